The molecule has 0 unspecified atom stereocenters. The van der Waals surface area contributed by atoms with E-state index in [9.17, 15) is 9.18 Å². The molecule has 6 nitrogen and oxygen atoms in total. The highest BCUT2D eigenvalue weighted by Crippen LogP contribution is 2.25. The SMILES string of the molecule is CN(C)C(=O)Oc1nccc(-c2ccc(Oc3ccc(F)cc3)cc2)n1. The molecular formula is C19H16FN3O3. The summed E-state index contributed by atoms with van der Waals surface area (Å²) < 4.78 is 23.6. The zero-order valence-corrected chi connectivity index (χ0v) is 14.2. The van der Waals surface area contributed by atoms with Crippen LogP contribution in [-0.4, -0.2) is 35.1 Å². The Kier molecular flexibility index (Phi) is 5.07. The van der Waals surface area contributed by atoms with Gasteiger partial charge in [-0.05, 0) is 54.6 Å². The lowest BCUT2D eigenvalue weighted by molar-refractivity contribution is 0.168. The molecule has 2 aromatic carbocycles. The molecule has 0 aliphatic heterocycles. The maximum atomic E-state index is 12.9. The molecule has 132 valence electrons. The van der Waals surface area contributed by atoms with E-state index in [1.165, 1.54) is 23.2 Å². The maximum absolute atomic E-state index is 12.9. The van der Waals surface area contributed by atoms with Gasteiger partial charge in [-0.1, -0.05) is 0 Å². The molecule has 0 atom stereocenters. The summed E-state index contributed by atoms with van der Waals surface area (Å²) in [4.78, 5) is 21.0. The first kappa shape index (κ1) is 17.3. The minimum Gasteiger partial charge on any atom is -0.457 e. The zero-order valence-electron chi connectivity index (χ0n) is 14.2. The second kappa shape index (κ2) is 7.60. The number of rotatable bonds is 4. The number of halogens is 1. The Labute approximate surface area is 149 Å². The molecule has 7 heteroatoms. The lowest BCUT2D eigenvalue weighted by Crippen LogP contribution is -2.26. The van der Waals surface area contributed by atoms with Crippen LogP contribution < -0.4 is 9.47 Å². The highest BCUT2D eigenvalue weighted by Gasteiger charge is 2.10. The van der Waals surface area contributed by atoms with Crippen molar-refractivity contribution in [2.45, 2.75) is 0 Å². The molecule has 0 radical (unpaired) electrons. The Hall–Kier alpha value is -3.48. The Morgan fingerprint density at radius 2 is 1.58 bits per heavy atom. The summed E-state index contributed by atoms with van der Waals surface area (Å²) in [5.41, 5.74) is 1.41. The quantitative estimate of drug-likeness (QED) is 0.705. The van der Waals surface area contributed by atoms with Crippen molar-refractivity contribution in [1.29, 1.82) is 0 Å². The van der Waals surface area contributed by atoms with Gasteiger partial charge in [0, 0.05) is 25.9 Å². The van der Waals surface area contributed by atoms with Gasteiger partial charge < -0.3 is 14.4 Å². The Balaban J connectivity index is 1.74. The number of carbonyl (C=O) groups excluding carboxylic acids is 1. The fourth-order valence-electron chi connectivity index (χ4n) is 2.05. The molecule has 0 spiro atoms. The van der Waals surface area contributed by atoms with Crippen LogP contribution in [0.2, 0.25) is 0 Å². The van der Waals surface area contributed by atoms with Crippen molar-refractivity contribution < 1.29 is 18.7 Å². The fourth-order valence-corrected chi connectivity index (χ4v) is 2.05. The van der Waals surface area contributed by atoms with Crippen molar-refractivity contribution in [3.63, 3.8) is 0 Å². The van der Waals surface area contributed by atoms with Crippen molar-refractivity contribution in [3.8, 4) is 28.8 Å². The molecule has 3 rings (SSSR count). The first-order chi connectivity index (χ1) is 12.5. The topological polar surface area (TPSA) is 64.6 Å². The average Bonchev–Trinajstić information content (AvgIpc) is 2.64. The van der Waals surface area contributed by atoms with Gasteiger partial charge in [0.25, 0.3) is 0 Å². The fraction of sp³-hybridized carbons (Fsp3) is 0.105. The van der Waals surface area contributed by atoms with Crippen molar-refractivity contribution in [3.05, 3.63) is 66.6 Å². The molecule has 0 bridgehead atoms. The summed E-state index contributed by atoms with van der Waals surface area (Å²) >= 11 is 0. The van der Waals surface area contributed by atoms with Gasteiger partial charge in [-0.25, -0.2) is 14.2 Å². The van der Waals surface area contributed by atoms with E-state index in [2.05, 4.69) is 9.97 Å². The van der Waals surface area contributed by atoms with Crippen LogP contribution in [0.15, 0.2) is 60.8 Å². The van der Waals surface area contributed by atoms with Crippen LogP contribution in [0.25, 0.3) is 11.3 Å². The predicted octanol–water partition coefficient (Wildman–Crippen LogP) is 4.14. The highest BCUT2D eigenvalue weighted by molar-refractivity contribution is 5.69. The lowest BCUT2D eigenvalue weighted by Gasteiger charge is -2.10. The van der Waals surface area contributed by atoms with E-state index in [0.29, 0.717) is 17.2 Å². The lowest BCUT2D eigenvalue weighted by atomic mass is 10.1. The van der Waals surface area contributed by atoms with Crippen LogP contribution in [0, 0.1) is 5.82 Å². The molecule has 0 aliphatic carbocycles. The molecule has 0 aliphatic rings. The van der Waals surface area contributed by atoms with Crippen LogP contribution in [0.4, 0.5) is 9.18 Å². The third kappa shape index (κ3) is 4.32. The number of benzene rings is 2. The molecule has 0 saturated heterocycles. The van der Waals surface area contributed by atoms with E-state index < -0.39 is 6.09 Å². The number of nitrogens with zero attached hydrogens (tertiary/aromatic N) is 3. The molecule has 26 heavy (non-hydrogen) atoms. The summed E-state index contributed by atoms with van der Waals surface area (Å²) in [5.74, 6) is 0.829. The van der Waals surface area contributed by atoms with Crippen molar-refractivity contribution in [2.24, 2.45) is 0 Å². The summed E-state index contributed by atoms with van der Waals surface area (Å²) in [5, 5.41) is 0. The van der Waals surface area contributed by atoms with Gasteiger partial charge in [0.2, 0.25) is 0 Å². The molecule has 3 aromatic rings. The van der Waals surface area contributed by atoms with Gasteiger partial charge in [0.1, 0.15) is 17.3 Å². The van der Waals surface area contributed by atoms with Gasteiger partial charge in [-0.2, -0.15) is 4.98 Å². The Bertz CT molecular complexity index is 897. The number of amides is 1. The second-order valence-electron chi connectivity index (χ2n) is 5.57. The normalized spacial score (nSPS) is 10.3. The highest BCUT2D eigenvalue weighted by atomic mass is 19.1. The van der Waals surface area contributed by atoms with Gasteiger partial charge in [0.05, 0.1) is 5.69 Å². The summed E-state index contributed by atoms with van der Waals surface area (Å²) in [6.45, 7) is 0. The third-order valence-corrected chi connectivity index (χ3v) is 3.38. The Morgan fingerprint density at radius 3 is 2.19 bits per heavy atom. The van der Waals surface area contributed by atoms with Gasteiger partial charge in [-0.3, -0.25) is 0 Å². The van der Waals surface area contributed by atoms with E-state index in [-0.39, 0.29) is 11.8 Å². The first-order valence-electron chi connectivity index (χ1n) is 7.77. The third-order valence-electron chi connectivity index (χ3n) is 3.38. The van der Waals surface area contributed by atoms with E-state index in [1.54, 1.807) is 44.4 Å². The van der Waals surface area contributed by atoms with Crippen LogP contribution >= 0.6 is 0 Å². The van der Waals surface area contributed by atoms with Crippen LogP contribution in [0.3, 0.4) is 0 Å². The molecule has 1 heterocycles. The predicted molar refractivity (Wildman–Crippen MR) is 93.7 cm³/mol. The molecule has 1 amide bonds. The second-order valence-corrected chi connectivity index (χ2v) is 5.57. The summed E-state index contributed by atoms with van der Waals surface area (Å²) in [6, 6.07) is 14.6. The van der Waals surface area contributed by atoms with Crippen LogP contribution in [-0.2, 0) is 0 Å². The minimum atomic E-state index is -0.551. The smallest absolute Gasteiger partial charge is 0.417 e. The number of ether oxygens (including phenoxy) is 2. The molecular weight excluding hydrogens is 337 g/mol. The summed E-state index contributed by atoms with van der Waals surface area (Å²) in [7, 11) is 3.15. The average molecular weight is 353 g/mol. The van der Waals surface area contributed by atoms with Crippen LogP contribution in [0.1, 0.15) is 0 Å². The van der Waals surface area contributed by atoms with Crippen LogP contribution in [0.5, 0.6) is 17.5 Å². The molecule has 0 fully saturated rings. The number of aromatic nitrogens is 2. The molecule has 0 N–H and O–H groups in total. The van der Waals surface area contributed by atoms with Crippen molar-refractivity contribution >= 4 is 6.09 Å². The largest absolute Gasteiger partial charge is 0.457 e. The number of carbonyl (C=O) groups is 1. The molecule has 1 aromatic heterocycles. The van der Waals surface area contributed by atoms with E-state index >= 15 is 0 Å². The minimum absolute atomic E-state index is 0.0205. The van der Waals surface area contributed by atoms with Crippen molar-refractivity contribution in [2.75, 3.05) is 14.1 Å². The van der Waals surface area contributed by atoms with E-state index in [1.807, 2.05) is 12.1 Å². The van der Waals surface area contributed by atoms with E-state index in [4.69, 9.17) is 9.47 Å². The maximum Gasteiger partial charge on any atom is 0.417 e. The van der Waals surface area contributed by atoms with E-state index in [0.717, 1.165) is 5.56 Å². The van der Waals surface area contributed by atoms with Crippen molar-refractivity contribution in [1.82, 2.24) is 14.9 Å². The van der Waals surface area contributed by atoms with Gasteiger partial charge >= 0.3 is 12.1 Å². The number of hydrogen-bond donors (Lipinski definition) is 0. The standard InChI is InChI=1S/C19H16FN3O3/c1-23(2)19(24)26-18-21-12-11-17(22-18)13-3-7-15(8-4-13)25-16-9-5-14(20)6-10-16/h3-12H,1-2H3. The summed E-state index contributed by atoms with van der Waals surface area (Å²) in [6.07, 6.45) is 0.967. The zero-order chi connectivity index (χ0) is 18.5. The number of hydrogen-bond acceptors (Lipinski definition) is 5. The first-order valence-corrected chi connectivity index (χ1v) is 7.77. The monoisotopic (exact) mass is 353 g/mol. The van der Waals surface area contributed by atoms with Gasteiger partial charge in [0.15, 0.2) is 0 Å². The Morgan fingerprint density at radius 1 is 0.962 bits per heavy atom. The van der Waals surface area contributed by atoms with Gasteiger partial charge in [-0.15, -0.1) is 0 Å². The molecule has 0 saturated carbocycles.